The SMILES string of the molecule is CCC1(CO)CCCN(Cc2ccccc2-n2nc(C)cc2C)C1. The van der Waals surface area contributed by atoms with E-state index in [4.69, 9.17) is 0 Å². The van der Waals surface area contributed by atoms with Gasteiger partial charge in [-0.15, -0.1) is 0 Å². The molecule has 0 radical (unpaired) electrons. The standard InChI is InChI=1S/C20H29N3O/c1-4-20(15-24)10-7-11-22(14-20)13-18-8-5-6-9-19(18)23-17(3)12-16(2)21-23/h5-6,8-9,12,24H,4,7,10-11,13-15H2,1-3H3. The van der Waals surface area contributed by atoms with Gasteiger partial charge in [-0.2, -0.15) is 5.10 Å². The number of benzene rings is 1. The Hall–Kier alpha value is -1.65. The van der Waals surface area contributed by atoms with Gasteiger partial charge in [-0.3, -0.25) is 4.90 Å². The van der Waals surface area contributed by atoms with Crippen LogP contribution in [0.3, 0.4) is 0 Å². The number of nitrogens with zero attached hydrogens (tertiary/aromatic N) is 3. The Labute approximate surface area is 145 Å². The summed E-state index contributed by atoms with van der Waals surface area (Å²) in [4.78, 5) is 2.49. The fourth-order valence-corrected chi connectivity index (χ4v) is 3.94. The molecule has 1 unspecified atom stereocenters. The van der Waals surface area contributed by atoms with Gasteiger partial charge in [-0.05, 0) is 57.4 Å². The van der Waals surface area contributed by atoms with E-state index in [0.29, 0.717) is 6.61 Å². The third kappa shape index (κ3) is 3.40. The first kappa shape index (κ1) is 17.2. The predicted molar refractivity (Wildman–Crippen MR) is 97.4 cm³/mol. The Balaban J connectivity index is 1.85. The van der Waals surface area contributed by atoms with E-state index in [0.717, 1.165) is 50.3 Å². The van der Waals surface area contributed by atoms with Gasteiger partial charge < -0.3 is 5.11 Å². The van der Waals surface area contributed by atoms with E-state index in [1.165, 1.54) is 11.3 Å². The zero-order chi connectivity index (χ0) is 17.2. The first-order chi connectivity index (χ1) is 11.6. The molecule has 1 N–H and O–H groups in total. The lowest BCUT2D eigenvalue weighted by Crippen LogP contribution is -2.44. The van der Waals surface area contributed by atoms with Gasteiger partial charge in [0.2, 0.25) is 0 Å². The van der Waals surface area contributed by atoms with Gasteiger partial charge in [0, 0.05) is 30.8 Å². The number of hydrogen-bond donors (Lipinski definition) is 1. The lowest BCUT2D eigenvalue weighted by atomic mass is 9.78. The number of hydrogen-bond acceptors (Lipinski definition) is 3. The van der Waals surface area contributed by atoms with Crippen LogP contribution in [0.4, 0.5) is 0 Å². The molecule has 24 heavy (non-hydrogen) atoms. The fraction of sp³-hybridized carbons (Fsp3) is 0.550. The number of likely N-dealkylation sites (tertiary alicyclic amines) is 1. The maximum absolute atomic E-state index is 9.86. The Morgan fingerprint density at radius 3 is 2.71 bits per heavy atom. The number of aromatic nitrogens is 2. The Morgan fingerprint density at radius 1 is 1.25 bits per heavy atom. The smallest absolute Gasteiger partial charge is 0.0693 e. The molecule has 0 spiro atoms. The van der Waals surface area contributed by atoms with Crippen molar-refractivity contribution in [2.45, 2.75) is 46.6 Å². The van der Waals surface area contributed by atoms with Gasteiger partial charge in [0.05, 0.1) is 11.4 Å². The second-order valence-corrected chi connectivity index (χ2v) is 7.29. The minimum Gasteiger partial charge on any atom is -0.396 e. The number of para-hydroxylation sites is 1. The van der Waals surface area contributed by atoms with Gasteiger partial charge in [-0.25, -0.2) is 4.68 Å². The highest BCUT2D eigenvalue weighted by Crippen LogP contribution is 2.33. The summed E-state index contributed by atoms with van der Waals surface area (Å²) in [6, 6.07) is 10.7. The molecule has 4 heteroatoms. The van der Waals surface area contributed by atoms with Crippen molar-refractivity contribution in [1.29, 1.82) is 0 Å². The summed E-state index contributed by atoms with van der Waals surface area (Å²) in [5.41, 5.74) is 4.75. The van der Waals surface area contributed by atoms with Crippen LogP contribution < -0.4 is 0 Å². The van der Waals surface area contributed by atoms with Crippen LogP contribution in [0, 0.1) is 19.3 Å². The summed E-state index contributed by atoms with van der Waals surface area (Å²) >= 11 is 0. The van der Waals surface area contributed by atoms with E-state index < -0.39 is 0 Å². The molecule has 0 saturated carbocycles. The first-order valence-corrected chi connectivity index (χ1v) is 9.02. The molecule has 1 fully saturated rings. The zero-order valence-corrected chi connectivity index (χ0v) is 15.1. The van der Waals surface area contributed by atoms with Crippen molar-refractivity contribution in [3.8, 4) is 5.69 Å². The van der Waals surface area contributed by atoms with E-state index >= 15 is 0 Å². The minimum atomic E-state index is 0.0748. The third-order valence-corrected chi connectivity index (χ3v) is 5.45. The van der Waals surface area contributed by atoms with Crippen molar-refractivity contribution in [3.63, 3.8) is 0 Å². The van der Waals surface area contributed by atoms with Crippen LogP contribution in [0.5, 0.6) is 0 Å². The number of aliphatic hydroxyl groups excluding tert-OH is 1. The minimum absolute atomic E-state index is 0.0748. The Morgan fingerprint density at radius 2 is 2.04 bits per heavy atom. The highest BCUT2D eigenvalue weighted by Gasteiger charge is 2.33. The molecule has 1 aromatic carbocycles. The summed E-state index contributed by atoms with van der Waals surface area (Å²) < 4.78 is 2.05. The van der Waals surface area contributed by atoms with Crippen LogP contribution in [0.25, 0.3) is 5.69 Å². The van der Waals surface area contributed by atoms with Gasteiger partial charge >= 0.3 is 0 Å². The summed E-state index contributed by atoms with van der Waals surface area (Å²) in [5, 5.41) is 14.5. The average molecular weight is 327 g/mol. The maximum atomic E-state index is 9.86. The second-order valence-electron chi connectivity index (χ2n) is 7.29. The molecule has 1 aliphatic rings. The van der Waals surface area contributed by atoms with Gasteiger partial charge in [0.1, 0.15) is 0 Å². The fourth-order valence-electron chi connectivity index (χ4n) is 3.94. The molecule has 0 bridgehead atoms. The van der Waals surface area contributed by atoms with Crippen LogP contribution in [-0.2, 0) is 6.54 Å². The van der Waals surface area contributed by atoms with Gasteiger partial charge in [-0.1, -0.05) is 25.1 Å². The van der Waals surface area contributed by atoms with Gasteiger partial charge in [0.15, 0.2) is 0 Å². The van der Waals surface area contributed by atoms with E-state index in [1.54, 1.807) is 0 Å². The van der Waals surface area contributed by atoms with Crippen LogP contribution in [0.2, 0.25) is 0 Å². The zero-order valence-electron chi connectivity index (χ0n) is 15.1. The summed E-state index contributed by atoms with van der Waals surface area (Å²) in [7, 11) is 0. The first-order valence-electron chi connectivity index (χ1n) is 9.02. The number of aliphatic hydroxyl groups is 1. The van der Waals surface area contributed by atoms with Crippen LogP contribution >= 0.6 is 0 Å². The largest absolute Gasteiger partial charge is 0.396 e. The topological polar surface area (TPSA) is 41.3 Å². The average Bonchev–Trinajstić information content (AvgIpc) is 2.93. The molecule has 1 saturated heterocycles. The van der Waals surface area contributed by atoms with E-state index in [-0.39, 0.29) is 5.41 Å². The molecular formula is C20H29N3O. The van der Waals surface area contributed by atoms with Crippen LogP contribution in [-0.4, -0.2) is 39.5 Å². The van der Waals surface area contributed by atoms with Crippen molar-refractivity contribution in [2.24, 2.45) is 5.41 Å². The molecule has 1 atom stereocenters. The molecule has 2 heterocycles. The summed E-state index contributed by atoms with van der Waals surface area (Å²) in [5.74, 6) is 0. The molecule has 3 rings (SSSR count). The normalized spacial score (nSPS) is 22.0. The summed E-state index contributed by atoms with van der Waals surface area (Å²) in [6.45, 7) is 9.62. The van der Waals surface area contributed by atoms with E-state index in [9.17, 15) is 5.11 Å². The Kier molecular flexibility index (Phi) is 5.07. The molecule has 2 aromatic rings. The molecule has 4 nitrogen and oxygen atoms in total. The number of aryl methyl sites for hydroxylation is 2. The lowest BCUT2D eigenvalue weighted by molar-refractivity contribution is 0.0258. The second kappa shape index (κ2) is 7.08. The molecular weight excluding hydrogens is 298 g/mol. The number of rotatable bonds is 5. The van der Waals surface area contributed by atoms with Gasteiger partial charge in [0.25, 0.3) is 0 Å². The predicted octanol–water partition coefficient (Wildman–Crippen LogP) is 3.47. The lowest BCUT2D eigenvalue weighted by Gasteiger charge is -2.41. The highest BCUT2D eigenvalue weighted by molar-refractivity contribution is 5.42. The monoisotopic (exact) mass is 327 g/mol. The van der Waals surface area contributed by atoms with Crippen molar-refractivity contribution in [1.82, 2.24) is 14.7 Å². The molecule has 1 aliphatic heterocycles. The van der Waals surface area contributed by atoms with Crippen LogP contribution in [0.1, 0.15) is 43.1 Å². The van der Waals surface area contributed by atoms with E-state index in [2.05, 4.69) is 54.2 Å². The molecule has 130 valence electrons. The third-order valence-electron chi connectivity index (χ3n) is 5.45. The van der Waals surface area contributed by atoms with E-state index in [1.807, 2.05) is 11.6 Å². The molecule has 0 aliphatic carbocycles. The molecule has 0 amide bonds. The maximum Gasteiger partial charge on any atom is 0.0693 e. The van der Waals surface area contributed by atoms with Crippen molar-refractivity contribution < 1.29 is 5.11 Å². The summed E-state index contributed by atoms with van der Waals surface area (Å²) in [6.07, 6.45) is 3.34. The highest BCUT2D eigenvalue weighted by atomic mass is 16.3. The van der Waals surface area contributed by atoms with Crippen molar-refractivity contribution >= 4 is 0 Å². The molecule has 1 aromatic heterocycles. The quantitative estimate of drug-likeness (QED) is 0.914. The van der Waals surface area contributed by atoms with Crippen LogP contribution in [0.15, 0.2) is 30.3 Å². The van der Waals surface area contributed by atoms with Crippen molar-refractivity contribution in [2.75, 3.05) is 19.7 Å². The Bertz CT molecular complexity index is 688. The van der Waals surface area contributed by atoms with Crippen molar-refractivity contribution in [3.05, 3.63) is 47.3 Å². The number of piperidine rings is 1.